The van der Waals surface area contributed by atoms with Crippen LogP contribution in [0.2, 0.25) is 0 Å². The molecular weight excluding hydrogens is 560 g/mol. The highest BCUT2D eigenvalue weighted by Gasteiger charge is 2.32. The largest absolute Gasteiger partial charge is 0.490 e. The molecule has 2 atom stereocenters. The summed E-state index contributed by atoms with van der Waals surface area (Å²) in [7, 11) is 1.26. The van der Waals surface area contributed by atoms with Gasteiger partial charge in [-0.15, -0.1) is 0 Å². The zero-order chi connectivity index (χ0) is 31.1. The van der Waals surface area contributed by atoms with Gasteiger partial charge in [-0.05, 0) is 68.3 Å². The summed E-state index contributed by atoms with van der Waals surface area (Å²) in [6.07, 6.45) is 0.196. The van der Waals surface area contributed by atoms with E-state index in [1.807, 2.05) is 0 Å². The smallest absolute Gasteiger partial charge is 0.337 e. The minimum absolute atomic E-state index is 0.189. The molecule has 3 aromatic rings. The van der Waals surface area contributed by atoms with E-state index < -0.39 is 30.2 Å². The summed E-state index contributed by atoms with van der Waals surface area (Å²) in [6.45, 7) is 5.33. The third kappa shape index (κ3) is 7.32. The number of methoxy groups -OCH3 is 1. The third-order valence-corrected chi connectivity index (χ3v) is 6.45. The van der Waals surface area contributed by atoms with Crippen molar-refractivity contribution in [3.05, 3.63) is 82.3 Å². The van der Waals surface area contributed by atoms with Gasteiger partial charge >= 0.3 is 18.0 Å². The van der Waals surface area contributed by atoms with Crippen molar-refractivity contribution < 1.29 is 43.2 Å². The molecule has 4 rings (SSSR count). The summed E-state index contributed by atoms with van der Waals surface area (Å²) in [5.41, 5.74) is 5.44. The van der Waals surface area contributed by atoms with E-state index in [4.69, 9.17) is 23.7 Å². The number of carboxylic acid groups (broad SMARTS) is 1. The van der Waals surface area contributed by atoms with Gasteiger partial charge in [0.1, 0.15) is 18.1 Å². The van der Waals surface area contributed by atoms with Crippen LogP contribution >= 0.6 is 0 Å². The average Bonchev–Trinajstić information content (AvgIpc) is 3.44. The number of urea groups is 1. The van der Waals surface area contributed by atoms with Gasteiger partial charge in [0.2, 0.25) is 0 Å². The Hall–Kier alpha value is -5.30. The second kappa shape index (κ2) is 13.6. The number of aromatic carboxylic acids is 1. The molecule has 1 aliphatic rings. The van der Waals surface area contributed by atoms with Gasteiger partial charge in [-0.3, -0.25) is 5.43 Å². The van der Waals surface area contributed by atoms with Gasteiger partial charge in [0.15, 0.2) is 17.7 Å². The van der Waals surface area contributed by atoms with E-state index in [-0.39, 0.29) is 17.7 Å². The Bertz CT molecular complexity index is 1580. The number of benzene rings is 2. The molecule has 0 saturated heterocycles. The summed E-state index contributed by atoms with van der Waals surface area (Å²) >= 11 is 0. The Morgan fingerprint density at radius 1 is 1.12 bits per heavy atom. The minimum atomic E-state index is -1.19. The lowest BCUT2D eigenvalue weighted by Crippen LogP contribution is -2.45. The summed E-state index contributed by atoms with van der Waals surface area (Å²) < 4.78 is 22.2. The second-order valence-corrected chi connectivity index (χ2v) is 9.45. The van der Waals surface area contributed by atoms with Crippen molar-refractivity contribution in [2.24, 2.45) is 5.10 Å². The van der Waals surface area contributed by atoms with Gasteiger partial charge in [-0.1, -0.05) is 12.1 Å². The number of hydrogen-bond acceptors (Lipinski definition) is 10. The number of allylic oxidation sites excluding steroid dienone is 1. The highest BCUT2D eigenvalue weighted by Crippen LogP contribution is 2.35. The number of carbonyl (C=O) groups is 3. The molecule has 1 aliphatic heterocycles. The number of aliphatic hydroxyl groups excluding tert-OH is 1. The van der Waals surface area contributed by atoms with Crippen LogP contribution in [0.25, 0.3) is 11.3 Å². The lowest BCUT2D eigenvalue weighted by molar-refractivity contribution is -0.136. The molecule has 1 aromatic heterocycles. The lowest BCUT2D eigenvalue weighted by Gasteiger charge is -2.28. The highest BCUT2D eigenvalue weighted by atomic mass is 16.5. The monoisotopic (exact) mass is 592 g/mol. The molecular formula is C30H32N4O9. The van der Waals surface area contributed by atoms with Gasteiger partial charge in [0.25, 0.3) is 0 Å². The number of amides is 2. The molecule has 0 aliphatic carbocycles. The molecule has 5 N–H and O–H groups in total. The zero-order valence-corrected chi connectivity index (χ0v) is 24.0. The molecule has 2 heterocycles. The number of ether oxygens (including phenoxy) is 3. The van der Waals surface area contributed by atoms with Crippen LogP contribution in [0.1, 0.15) is 47.1 Å². The number of furan rings is 1. The number of carbonyl (C=O) groups excluding carboxylic acids is 2. The zero-order valence-electron chi connectivity index (χ0n) is 24.0. The molecule has 0 saturated carbocycles. The third-order valence-electron chi connectivity index (χ3n) is 6.45. The number of aliphatic hydroxyl groups is 1. The Kier molecular flexibility index (Phi) is 9.68. The first-order valence-electron chi connectivity index (χ1n) is 13.3. The van der Waals surface area contributed by atoms with Crippen molar-refractivity contribution in [1.29, 1.82) is 0 Å². The van der Waals surface area contributed by atoms with E-state index in [0.29, 0.717) is 40.9 Å². The van der Waals surface area contributed by atoms with E-state index in [1.165, 1.54) is 19.4 Å². The van der Waals surface area contributed by atoms with Crippen LogP contribution in [-0.2, 0) is 9.53 Å². The minimum Gasteiger partial charge on any atom is -0.490 e. The maximum Gasteiger partial charge on any atom is 0.337 e. The summed E-state index contributed by atoms with van der Waals surface area (Å²) in [6, 6.07) is 11.9. The number of nitrogens with one attached hydrogen (secondary N) is 3. The van der Waals surface area contributed by atoms with E-state index in [2.05, 4.69) is 21.2 Å². The van der Waals surface area contributed by atoms with Crippen molar-refractivity contribution in [3.8, 4) is 22.8 Å². The van der Waals surface area contributed by atoms with Crippen LogP contribution in [-0.4, -0.2) is 60.9 Å². The Morgan fingerprint density at radius 3 is 2.60 bits per heavy atom. The summed E-state index contributed by atoms with van der Waals surface area (Å²) in [5.74, 6) is 0.0391. The van der Waals surface area contributed by atoms with Crippen molar-refractivity contribution in [1.82, 2.24) is 16.1 Å². The van der Waals surface area contributed by atoms with Crippen LogP contribution < -0.4 is 25.5 Å². The Labute approximate surface area is 247 Å². The standard InChI is InChI=1S/C30H32N4O9/c1-5-41-24-13-18(27-26(29(38)40-4)17(3)32-30(39)33-27)7-10-23(24)42-15-25(35)34-31-14-20-8-11-22(43-20)21-9-6-19(28(36)37)12-16(21)2/h6-14,25,27,34-35H,5,15H2,1-4H3,(H,36,37)(H2,32,33,39)/b31-14-/t25-,27+/m0/s1. The normalized spacial score (nSPS) is 15.5. The molecule has 43 heavy (non-hydrogen) atoms. The molecule has 0 fully saturated rings. The van der Waals surface area contributed by atoms with Gasteiger partial charge in [-0.2, -0.15) is 5.10 Å². The van der Waals surface area contributed by atoms with Crippen LogP contribution in [0.15, 0.2) is 69.3 Å². The van der Waals surface area contributed by atoms with Crippen molar-refractivity contribution in [2.75, 3.05) is 20.3 Å². The van der Waals surface area contributed by atoms with Gasteiger partial charge in [0.05, 0.1) is 37.1 Å². The number of esters is 1. The number of rotatable bonds is 12. The predicted octanol–water partition coefficient (Wildman–Crippen LogP) is 3.47. The first kappa shape index (κ1) is 30.7. The first-order chi connectivity index (χ1) is 20.6. The van der Waals surface area contributed by atoms with Gasteiger partial charge in [-0.25, -0.2) is 14.4 Å². The summed E-state index contributed by atoms with van der Waals surface area (Å²) in [5, 5.41) is 28.8. The molecule has 0 unspecified atom stereocenters. The molecule has 226 valence electrons. The quantitative estimate of drug-likeness (QED) is 0.0904. The van der Waals surface area contributed by atoms with Crippen molar-refractivity contribution in [3.63, 3.8) is 0 Å². The van der Waals surface area contributed by atoms with Crippen LogP contribution in [0, 0.1) is 6.92 Å². The molecule has 13 heteroatoms. The van der Waals surface area contributed by atoms with Gasteiger partial charge < -0.3 is 39.5 Å². The molecule has 13 nitrogen and oxygen atoms in total. The Morgan fingerprint density at radius 2 is 1.91 bits per heavy atom. The van der Waals surface area contributed by atoms with Crippen LogP contribution in [0.5, 0.6) is 11.5 Å². The fraction of sp³-hybridized carbons (Fsp3) is 0.267. The molecule has 2 aromatic carbocycles. The molecule has 0 spiro atoms. The highest BCUT2D eigenvalue weighted by molar-refractivity contribution is 5.95. The number of hydrazone groups is 1. The van der Waals surface area contributed by atoms with Crippen molar-refractivity contribution in [2.45, 2.75) is 33.0 Å². The van der Waals surface area contributed by atoms with Crippen molar-refractivity contribution >= 4 is 24.2 Å². The van der Waals surface area contributed by atoms with Gasteiger partial charge in [0, 0.05) is 11.3 Å². The maximum atomic E-state index is 12.4. The number of hydrogen-bond donors (Lipinski definition) is 5. The predicted molar refractivity (Wildman–Crippen MR) is 155 cm³/mol. The Balaban J connectivity index is 1.39. The summed E-state index contributed by atoms with van der Waals surface area (Å²) in [4.78, 5) is 35.7. The molecule has 2 amide bonds. The average molecular weight is 593 g/mol. The van der Waals surface area contributed by atoms with E-state index in [9.17, 15) is 19.5 Å². The fourth-order valence-electron chi connectivity index (χ4n) is 4.45. The fourth-order valence-corrected chi connectivity index (χ4v) is 4.45. The SMILES string of the molecule is CCOc1cc([C@H]2NC(=O)NC(C)=C2C(=O)OC)ccc1OC[C@H](O)N/N=C\c1ccc(-c2ccc(C(=O)O)cc2C)o1. The van der Waals surface area contributed by atoms with E-state index >= 15 is 0 Å². The number of nitrogens with zero attached hydrogens (tertiary/aromatic N) is 1. The number of aryl methyl sites for hydroxylation is 1. The molecule has 0 radical (unpaired) electrons. The second-order valence-electron chi connectivity index (χ2n) is 9.45. The number of carboxylic acids is 1. The molecule has 0 bridgehead atoms. The van der Waals surface area contributed by atoms with E-state index in [0.717, 1.165) is 11.1 Å². The topological polar surface area (TPSA) is 181 Å². The maximum absolute atomic E-state index is 12.4. The van der Waals surface area contributed by atoms with Crippen LogP contribution in [0.4, 0.5) is 4.79 Å². The van der Waals surface area contributed by atoms with Crippen LogP contribution in [0.3, 0.4) is 0 Å². The van der Waals surface area contributed by atoms with E-state index in [1.54, 1.807) is 63.2 Å². The first-order valence-corrected chi connectivity index (χ1v) is 13.3. The lowest BCUT2D eigenvalue weighted by atomic mass is 9.95.